The normalized spacial score (nSPS) is 14.3. The van der Waals surface area contributed by atoms with Gasteiger partial charge in [-0.25, -0.2) is 0 Å². The van der Waals surface area contributed by atoms with Crippen molar-refractivity contribution in [2.75, 3.05) is 79.2 Å². The average molecular weight is 1100 g/mol. The summed E-state index contributed by atoms with van der Waals surface area (Å²) in [6.45, 7) is 16.6. The van der Waals surface area contributed by atoms with Crippen LogP contribution in [0, 0.1) is 41.5 Å². The lowest BCUT2D eigenvalue weighted by molar-refractivity contribution is -0.137. The summed E-state index contributed by atoms with van der Waals surface area (Å²) in [6.07, 6.45) is -0.0238. The Morgan fingerprint density at radius 1 is 0.622 bits per heavy atom. The molecule has 400 valence electrons. The Balaban J connectivity index is 0.000000235. The second kappa shape index (κ2) is 29.1. The zero-order chi connectivity index (χ0) is 52.6. The number of aliphatic hydroxyl groups is 2. The van der Waals surface area contributed by atoms with Crippen LogP contribution in [-0.4, -0.2) is 147 Å². The predicted octanol–water partition coefficient (Wildman–Crippen LogP) is 7.21. The van der Waals surface area contributed by atoms with Crippen LogP contribution in [0.25, 0.3) is 10.0 Å². The molecule has 0 unspecified atom stereocenters. The number of aliphatic imine (C=N–C) groups is 2. The van der Waals surface area contributed by atoms with Gasteiger partial charge in [0.05, 0.1) is 90.3 Å². The maximum Gasteiger partial charge on any atom is 0.306 e. The number of aryl methyl sites for hydroxylation is 4. The van der Waals surface area contributed by atoms with E-state index in [4.69, 9.17) is 68.1 Å². The van der Waals surface area contributed by atoms with E-state index in [-0.39, 0.29) is 46.0 Å². The fourth-order valence-electron chi connectivity index (χ4n) is 7.80. The molecule has 0 bridgehead atoms. The number of thiophene rings is 2. The van der Waals surface area contributed by atoms with E-state index in [1.165, 1.54) is 9.75 Å². The minimum absolute atomic E-state index is 0. The number of hydrogen-bond donors (Lipinski definition) is 5. The summed E-state index contributed by atoms with van der Waals surface area (Å²) in [7, 11) is 0. The second-order valence-corrected chi connectivity index (χ2v) is 19.9. The molecular weight excluding hydrogens is 1030 g/mol. The average Bonchev–Trinajstić information content (AvgIpc) is 4.06. The first-order valence-electron chi connectivity index (χ1n) is 23.6. The van der Waals surface area contributed by atoms with Gasteiger partial charge in [0.15, 0.2) is 11.6 Å². The number of carboxylic acids is 1. The van der Waals surface area contributed by atoms with Crippen molar-refractivity contribution < 1.29 is 43.9 Å². The number of nitrogens with one attached hydrogen (secondary N) is 1. The zero-order valence-electron chi connectivity index (χ0n) is 41.7. The van der Waals surface area contributed by atoms with Gasteiger partial charge in [-0.05, 0) is 76.9 Å². The van der Waals surface area contributed by atoms with E-state index < -0.39 is 18.1 Å². The quantitative estimate of drug-likeness (QED) is 0.0447. The summed E-state index contributed by atoms with van der Waals surface area (Å²) < 4.78 is 24.5. The first-order valence-corrected chi connectivity index (χ1v) is 26.0. The molecule has 2 aliphatic rings. The van der Waals surface area contributed by atoms with E-state index in [0.29, 0.717) is 81.0 Å². The molecule has 8 rings (SSSR count). The number of hydrogen-bond acceptors (Lipinski definition) is 17. The van der Waals surface area contributed by atoms with Crippen LogP contribution in [0.5, 0.6) is 0 Å². The smallest absolute Gasteiger partial charge is 0.306 e. The standard InChI is InChI=1S/C25H30ClN5O4S.C19H17ClN4O2S.C6H15NO3.CH4/c1-15-16(2)36-25-22(15)23(18-4-6-19(26)7-5-18)28-20(24-30-29-17(3)31(24)25)14-21(33)27-8-10-34-12-13-35-11-9-32;1-9-10(2)27-19-16(9)17(12-4-6-13(20)7-5-12)21-14(8-15(25)26)18-23-22-11(3)24(18)19;7-1-3-9-5-6-10-4-2-8;/h4-7,20,32H,8-14H2,1-3H3,(H,27,33);4-7,14H,8H2,1-3H3,(H,25,26);8H,1-7H2;1H4/t20-;14-;;/m00../s1. The lowest BCUT2D eigenvalue weighted by Crippen LogP contribution is -2.29. The largest absolute Gasteiger partial charge is 0.481 e. The number of aliphatic carboxylic acids is 1. The summed E-state index contributed by atoms with van der Waals surface area (Å²) in [5, 5.41) is 49.8. The molecule has 19 nitrogen and oxygen atoms in total. The molecule has 0 saturated carbocycles. The fourth-order valence-corrected chi connectivity index (χ4v) is 10.5. The van der Waals surface area contributed by atoms with Crippen molar-refractivity contribution in [3.05, 3.63) is 125 Å². The molecule has 1 amide bonds. The van der Waals surface area contributed by atoms with Crippen LogP contribution < -0.4 is 11.1 Å². The number of rotatable bonds is 21. The third-order valence-corrected chi connectivity index (χ3v) is 14.4. The maximum atomic E-state index is 12.9. The summed E-state index contributed by atoms with van der Waals surface area (Å²) in [5.74, 6) is 1.60. The van der Waals surface area contributed by atoms with Crippen LogP contribution in [-0.2, 0) is 28.5 Å². The van der Waals surface area contributed by atoms with Gasteiger partial charge in [-0.3, -0.25) is 28.7 Å². The summed E-state index contributed by atoms with van der Waals surface area (Å²) >= 11 is 15.5. The van der Waals surface area contributed by atoms with Crippen molar-refractivity contribution in [1.82, 2.24) is 34.8 Å². The Bertz CT molecular complexity index is 2840. The number of fused-ring (bicyclic) bond motifs is 6. The molecule has 0 aliphatic carbocycles. The van der Waals surface area contributed by atoms with Crippen molar-refractivity contribution >= 4 is 69.2 Å². The monoisotopic (exact) mass is 1100 g/mol. The molecule has 4 aromatic heterocycles. The molecule has 0 radical (unpaired) electrons. The van der Waals surface area contributed by atoms with Gasteiger partial charge in [0.2, 0.25) is 5.91 Å². The first kappa shape index (κ1) is 59.6. The molecule has 2 aliphatic heterocycles. The summed E-state index contributed by atoms with van der Waals surface area (Å²) in [5.41, 5.74) is 12.9. The van der Waals surface area contributed by atoms with Crippen molar-refractivity contribution in [1.29, 1.82) is 0 Å². The highest BCUT2D eigenvalue weighted by Crippen LogP contribution is 2.41. The molecule has 0 saturated heterocycles. The number of halogens is 2. The summed E-state index contributed by atoms with van der Waals surface area (Å²) in [6, 6.07) is 13.9. The highest BCUT2D eigenvalue weighted by molar-refractivity contribution is 7.15. The molecule has 2 aromatic carbocycles. The third-order valence-electron chi connectivity index (χ3n) is 11.5. The topological polar surface area (TPSA) is 256 Å². The fraction of sp³-hybridized carbons (Fsp3) is 0.451. The molecule has 6 aromatic rings. The lowest BCUT2D eigenvalue weighted by atomic mass is 9.99. The predicted molar refractivity (Wildman–Crippen MR) is 290 cm³/mol. The van der Waals surface area contributed by atoms with Crippen molar-refractivity contribution in [2.24, 2.45) is 15.7 Å². The van der Waals surface area contributed by atoms with Gasteiger partial charge < -0.3 is 45.3 Å². The van der Waals surface area contributed by atoms with Gasteiger partial charge in [0, 0.05) is 55.1 Å². The van der Waals surface area contributed by atoms with Crippen LogP contribution in [0.3, 0.4) is 0 Å². The Labute approximate surface area is 449 Å². The van der Waals surface area contributed by atoms with Crippen LogP contribution in [0.4, 0.5) is 0 Å². The van der Waals surface area contributed by atoms with Crippen molar-refractivity contribution in [3.63, 3.8) is 0 Å². The number of amides is 1. The van der Waals surface area contributed by atoms with Gasteiger partial charge in [0.1, 0.15) is 33.7 Å². The number of carboxylic acid groups (broad SMARTS) is 1. The number of carbonyl (C=O) groups excluding carboxylic acids is 1. The lowest BCUT2D eigenvalue weighted by Gasteiger charge is -2.13. The number of carbonyl (C=O) groups is 2. The minimum Gasteiger partial charge on any atom is -0.481 e. The van der Waals surface area contributed by atoms with Gasteiger partial charge in [-0.15, -0.1) is 43.1 Å². The van der Waals surface area contributed by atoms with E-state index in [0.717, 1.165) is 66.5 Å². The Morgan fingerprint density at radius 3 is 1.43 bits per heavy atom. The molecule has 74 heavy (non-hydrogen) atoms. The van der Waals surface area contributed by atoms with Crippen LogP contribution in [0.15, 0.2) is 58.5 Å². The van der Waals surface area contributed by atoms with Crippen molar-refractivity contribution in [2.45, 2.75) is 73.9 Å². The first-order chi connectivity index (χ1) is 35.2. The van der Waals surface area contributed by atoms with E-state index in [1.54, 1.807) is 22.7 Å². The van der Waals surface area contributed by atoms with Gasteiger partial charge in [-0.1, -0.05) is 54.9 Å². The molecule has 6 N–H and O–H groups in total. The van der Waals surface area contributed by atoms with E-state index in [1.807, 2.05) is 71.5 Å². The van der Waals surface area contributed by atoms with E-state index >= 15 is 0 Å². The molecule has 0 spiro atoms. The number of aliphatic hydroxyl groups excluding tert-OH is 2. The zero-order valence-corrected chi connectivity index (χ0v) is 44.8. The van der Waals surface area contributed by atoms with E-state index in [9.17, 15) is 14.7 Å². The SMILES string of the molecule is C.Cc1sc2c(c1C)C(c1ccc(Cl)cc1)=N[C@@H](CC(=O)NCCOCCOCCO)c1nnc(C)n1-2.Cc1sc2c(c1C)C(c1ccc(Cl)cc1)=N[C@@H](CC(=O)O)c1nnc(C)n1-2.NCCOCCOCCO. The number of ether oxygens (including phenoxy) is 4. The molecule has 0 fully saturated rings. The molecule has 6 heterocycles. The second-order valence-electron chi connectivity index (χ2n) is 16.6. The van der Waals surface area contributed by atoms with Gasteiger partial charge >= 0.3 is 5.97 Å². The Hall–Kier alpha value is -5.30. The van der Waals surface area contributed by atoms with E-state index in [2.05, 4.69) is 53.4 Å². The number of aromatic nitrogens is 6. The van der Waals surface area contributed by atoms with Crippen molar-refractivity contribution in [3.8, 4) is 10.0 Å². The number of nitrogens with zero attached hydrogens (tertiary/aromatic N) is 8. The third kappa shape index (κ3) is 15.2. The Morgan fingerprint density at radius 2 is 1.03 bits per heavy atom. The minimum atomic E-state index is -0.926. The van der Waals surface area contributed by atoms with Crippen LogP contribution >= 0.6 is 45.9 Å². The number of benzene rings is 2. The van der Waals surface area contributed by atoms with Gasteiger partial charge in [0.25, 0.3) is 0 Å². The molecule has 23 heteroatoms. The van der Waals surface area contributed by atoms with Crippen LogP contribution in [0.2, 0.25) is 10.0 Å². The summed E-state index contributed by atoms with van der Waals surface area (Å²) in [4.78, 5) is 36.7. The number of nitrogens with two attached hydrogens (primary N) is 1. The molecule has 2 atom stereocenters. The Kier molecular flexibility index (Phi) is 23.4. The van der Waals surface area contributed by atoms with Crippen LogP contribution in [0.1, 0.15) is 98.8 Å². The highest BCUT2D eigenvalue weighted by atomic mass is 35.5. The van der Waals surface area contributed by atoms with Gasteiger partial charge in [-0.2, -0.15) is 0 Å². The maximum absolute atomic E-state index is 12.9. The molecular formula is C51H66Cl2N10O9S2. The highest BCUT2D eigenvalue weighted by Gasteiger charge is 2.34.